The van der Waals surface area contributed by atoms with Crippen molar-refractivity contribution < 1.29 is 9.59 Å². The summed E-state index contributed by atoms with van der Waals surface area (Å²) < 4.78 is 3.45. The molecule has 0 N–H and O–H groups in total. The van der Waals surface area contributed by atoms with Gasteiger partial charge in [-0.25, -0.2) is 4.79 Å². The minimum absolute atomic E-state index is 0.0553. The van der Waals surface area contributed by atoms with E-state index in [0.717, 1.165) is 29.7 Å². The molecule has 0 aliphatic carbocycles. The molecule has 2 aliphatic rings. The molecule has 2 aromatic carbocycles. The Labute approximate surface area is 199 Å². The fourth-order valence-corrected chi connectivity index (χ4v) is 5.19. The second-order valence-electron chi connectivity index (χ2n) is 9.00. The van der Waals surface area contributed by atoms with Gasteiger partial charge in [0.05, 0.1) is 17.6 Å². The van der Waals surface area contributed by atoms with E-state index in [9.17, 15) is 14.4 Å². The zero-order valence-electron chi connectivity index (χ0n) is 19.7. The average Bonchev–Trinajstić information content (AvgIpc) is 3.41. The summed E-state index contributed by atoms with van der Waals surface area (Å²) in [6.07, 6.45) is 1.20. The summed E-state index contributed by atoms with van der Waals surface area (Å²) >= 11 is 0. The normalized spacial score (nSPS) is 16.3. The molecule has 1 aromatic heterocycles. The second kappa shape index (κ2) is 9.46. The molecular formula is C26H31N5O3. The summed E-state index contributed by atoms with van der Waals surface area (Å²) in [4.78, 5) is 44.4. The lowest BCUT2D eigenvalue weighted by molar-refractivity contribution is -0.133. The van der Waals surface area contributed by atoms with Gasteiger partial charge in [-0.2, -0.15) is 0 Å². The van der Waals surface area contributed by atoms with Crippen LogP contribution in [0.1, 0.15) is 18.9 Å². The van der Waals surface area contributed by atoms with Crippen LogP contribution in [-0.2, 0) is 29.1 Å². The molecule has 8 nitrogen and oxygen atoms in total. The number of para-hydroxylation sites is 3. The van der Waals surface area contributed by atoms with Crippen molar-refractivity contribution in [2.75, 3.05) is 44.2 Å². The molecule has 0 radical (unpaired) electrons. The largest absolute Gasteiger partial charge is 0.340 e. The summed E-state index contributed by atoms with van der Waals surface area (Å²) in [7, 11) is 0. The van der Waals surface area contributed by atoms with Crippen LogP contribution in [0.4, 0.5) is 5.69 Å². The summed E-state index contributed by atoms with van der Waals surface area (Å²) in [6.45, 7) is 6.62. The van der Waals surface area contributed by atoms with E-state index < -0.39 is 0 Å². The number of carbonyl (C=O) groups excluding carboxylic acids is 2. The van der Waals surface area contributed by atoms with Gasteiger partial charge in [0.25, 0.3) is 0 Å². The predicted octanol–water partition coefficient (Wildman–Crippen LogP) is 1.95. The zero-order valence-corrected chi connectivity index (χ0v) is 19.7. The van der Waals surface area contributed by atoms with Crippen LogP contribution in [0, 0.1) is 0 Å². The number of piperazine rings is 1. The van der Waals surface area contributed by atoms with Crippen molar-refractivity contribution in [3.8, 4) is 0 Å². The Hall–Kier alpha value is -3.39. The molecule has 1 fully saturated rings. The molecule has 0 spiro atoms. The fourth-order valence-electron chi connectivity index (χ4n) is 5.19. The van der Waals surface area contributed by atoms with Gasteiger partial charge < -0.3 is 9.80 Å². The van der Waals surface area contributed by atoms with Crippen LogP contribution in [-0.4, -0.2) is 70.0 Å². The Morgan fingerprint density at radius 2 is 1.50 bits per heavy atom. The van der Waals surface area contributed by atoms with E-state index in [1.54, 1.807) is 9.13 Å². The van der Waals surface area contributed by atoms with Crippen molar-refractivity contribution in [2.24, 2.45) is 0 Å². The fraction of sp³-hybridized carbons (Fsp3) is 0.423. The highest BCUT2D eigenvalue weighted by atomic mass is 16.2. The predicted molar refractivity (Wildman–Crippen MR) is 132 cm³/mol. The van der Waals surface area contributed by atoms with E-state index in [0.29, 0.717) is 52.2 Å². The molecule has 178 valence electrons. The third kappa shape index (κ3) is 4.14. The summed E-state index contributed by atoms with van der Waals surface area (Å²) in [6, 6.07) is 15.8. The third-order valence-electron chi connectivity index (χ3n) is 7.06. The third-order valence-corrected chi connectivity index (χ3v) is 7.06. The zero-order chi connectivity index (χ0) is 23.7. The maximum absolute atomic E-state index is 12.9. The number of fused-ring (bicyclic) bond motifs is 2. The van der Waals surface area contributed by atoms with Crippen LogP contribution in [0.25, 0.3) is 11.0 Å². The second-order valence-corrected chi connectivity index (χ2v) is 9.00. The van der Waals surface area contributed by atoms with Gasteiger partial charge in [0, 0.05) is 57.9 Å². The maximum atomic E-state index is 12.9. The molecule has 2 aliphatic heterocycles. The molecule has 1 saturated heterocycles. The molecule has 2 amide bonds. The van der Waals surface area contributed by atoms with Crippen LogP contribution in [0.15, 0.2) is 53.3 Å². The molecule has 5 rings (SSSR count). The van der Waals surface area contributed by atoms with E-state index in [2.05, 4.69) is 11.0 Å². The van der Waals surface area contributed by atoms with Crippen molar-refractivity contribution in [2.45, 2.75) is 32.9 Å². The molecule has 0 unspecified atom stereocenters. The molecule has 3 aromatic rings. The molecule has 0 saturated carbocycles. The number of hydrogen-bond donors (Lipinski definition) is 0. The van der Waals surface area contributed by atoms with Crippen LogP contribution in [0.2, 0.25) is 0 Å². The minimum atomic E-state index is -0.0664. The Kier molecular flexibility index (Phi) is 6.24. The van der Waals surface area contributed by atoms with Gasteiger partial charge in [-0.05, 0) is 37.1 Å². The number of aryl methyl sites for hydroxylation is 2. The summed E-state index contributed by atoms with van der Waals surface area (Å²) in [5.74, 6) is 0.177. The van der Waals surface area contributed by atoms with Gasteiger partial charge in [-0.15, -0.1) is 0 Å². The Balaban J connectivity index is 1.14. The SMILES string of the molecule is CCn1c(=O)n(CCC(=O)N2CCN(CC(=O)N3CCc4ccccc43)CC2)c2ccccc21. The highest BCUT2D eigenvalue weighted by Crippen LogP contribution is 2.27. The van der Waals surface area contributed by atoms with Crippen molar-refractivity contribution in [1.29, 1.82) is 0 Å². The molecule has 3 heterocycles. The lowest BCUT2D eigenvalue weighted by Crippen LogP contribution is -2.51. The van der Waals surface area contributed by atoms with Crippen LogP contribution in [0.3, 0.4) is 0 Å². The van der Waals surface area contributed by atoms with E-state index in [-0.39, 0.29) is 17.5 Å². The number of amides is 2. The standard InChI is InChI=1S/C26H31N5O3/c1-2-29-22-9-5-6-10-23(22)31(26(29)34)14-12-24(32)28-17-15-27(16-18-28)19-25(33)30-13-11-20-7-3-4-8-21(20)30/h3-10H,2,11-19H2,1H3. The Morgan fingerprint density at radius 1 is 0.824 bits per heavy atom. The summed E-state index contributed by atoms with van der Waals surface area (Å²) in [5, 5.41) is 0. The number of benzene rings is 2. The first-order valence-electron chi connectivity index (χ1n) is 12.1. The number of carbonyl (C=O) groups is 2. The van der Waals surface area contributed by atoms with Crippen molar-refractivity contribution in [1.82, 2.24) is 18.9 Å². The number of aromatic nitrogens is 2. The van der Waals surface area contributed by atoms with Crippen LogP contribution < -0.4 is 10.6 Å². The lowest BCUT2D eigenvalue weighted by atomic mass is 10.2. The van der Waals surface area contributed by atoms with E-state index in [1.807, 2.05) is 59.2 Å². The Bertz CT molecular complexity index is 1270. The topological polar surface area (TPSA) is 70.8 Å². The highest BCUT2D eigenvalue weighted by Gasteiger charge is 2.28. The van der Waals surface area contributed by atoms with E-state index in [4.69, 9.17) is 0 Å². The number of hydrogen-bond acceptors (Lipinski definition) is 4. The van der Waals surface area contributed by atoms with Crippen molar-refractivity contribution >= 4 is 28.5 Å². The van der Waals surface area contributed by atoms with Gasteiger partial charge >= 0.3 is 5.69 Å². The Morgan fingerprint density at radius 3 is 2.24 bits per heavy atom. The maximum Gasteiger partial charge on any atom is 0.329 e. The molecule has 8 heteroatoms. The first kappa shape index (κ1) is 22.4. The monoisotopic (exact) mass is 461 g/mol. The first-order valence-corrected chi connectivity index (χ1v) is 12.1. The first-order chi connectivity index (χ1) is 16.6. The molecule has 34 heavy (non-hydrogen) atoms. The van der Waals surface area contributed by atoms with Crippen LogP contribution >= 0.6 is 0 Å². The highest BCUT2D eigenvalue weighted by molar-refractivity contribution is 5.96. The summed E-state index contributed by atoms with van der Waals surface area (Å²) in [5.41, 5.74) is 3.96. The number of anilines is 1. The minimum Gasteiger partial charge on any atom is -0.340 e. The van der Waals surface area contributed by atoms with Crippen molar-refractivity contribution in [3.63, 3.8) is 0 Å². The quantitative estimate of drug-likeness (QED) is 0.563. The number of rotatable bonds is 6. The average molecular weight is 462 g/mol. The van der Waals surface area contributed by atoms with Gasteiger partial charge in [0.1, 0.15) is 0 Å². The number of imidazole rings is 1. The van der Waals surface area contributed by atoms with Gasteiger partial charge in [-0.1, -0.05) is 30.3 Å². The van der Waals surface area contributed by atoms with Crippen LogP contribution in [0.5, 0.6) is 0 Å². The molecule has 0 bridgehead atoms. The molecular weight excluding hydrogens is 430 g/mol. The smallest absolute Gasteiger partial charge is 0.329 e. The lowest BCUT2D eigenvalue weighted by Gasteiger charge is -2.35. The number of nitrogens with zero attached hydrogens (tertiary/aromatic N) is 5. The van der Waals surface area contributed by atoms with Gasteiger partial charge in [0.2, 0.25) is 11.8 Å². The van der Waals surface area contributed by atoms with Gasteiger partial charge in [-0.3, -0.25) is 23.6 Å². The van der Waals surface area contributed by atoms with Gasteiger partial charge in [0.15, 0.2) is 0 Å². The molecule has 0 atom stereocenters. The van der Waals surface area contributed by atoms with E-state index in [1.165, 1.54) is 5.56 Å². The van der Waals surface area contributed by atoms with E-state index >= 15 is 0 Å². The van der Waals surface area contributed by atoms with Crippen molar-refractivity contribution in [3.05, 3.63) is 64.6 Å².